The molecule has 0 aromatic carbocycles. The van der Waals surface area contributed by atoms with Crippen LogP contribution in [0.4, 0.5) is 4.79 Å². The van der Waals surface area contributed by atoms with Crippen LogP contribution < -0.4 is 0 Å². The van der Waals surface area contributed by atoms with Crippen LogP contribution in [0.3, 0.4) is 0 Å². The zero-order chi connectivity index (χ0) is 10.6. The number of carbonyl (C=O) groups excluding carboxylic acids is 1. The van der Waals surface area contributed by atoms with E-state index >= 15 is 0 Å². The Morgan fingerprint density at radius 1 is 1.23 bits per heavy atom. The summed E-state index contributed by atoms with van der Waals surface area (Å²) in [5.41, 5.74) is 0. The lowest BCUT2D eigenvalue weighted by atomic mass is 10.2. The van der Waals surface area contributed by atoms with Gasteiger partial charge in [0.15, 0.2) is 6.19 Å². The van der Waals surface area contributed by atoms with Gasteiger partial charge in [0, 0.05) is 19.1 Å². The minimum Gasteiger partial charge on any atom is -0.319 e. The minimum atomic E-state index is -0.243. The van der Waals surface area contributed by atoms with Crippen LogP contribution >= 0.6 is 0 Å². The van der Waals surface area contributed by atoms with Crippen molar-refractivity contribution in [3.8, 4) is 6.19 Å². The summed E-state index contributed by atoms with van der Waals surface area (Å²) < 4.78 is 0. The summed E-state index contributed by atoms with van der Waals surface area (Å²) in [6.07, 6.45) is 1.80. The molecule has 0 saturated carbocycles. The van der Waals surface area contributed by atoms with E-state index in [1.807, 2.05) is 27.7 Å². The van der Waals surface area contributed by atoms with E-state index < -0.39 is 0 Å². The molecule has 4 nitrogen and oxygen atoms in total. The zero-order valence-electron chi connectivity index (χ0n) is 8.90. The summed E-state index contributed by atoms with van der Waals surface area (Å²) in [5, 5.41) is 8.55. The second kappa shape index (κ2) is 4.70. The van der Waals surface area contributed by atoms with Crippen LogP contribution in [-0.2, 0) is 0 Å². The summed E-state index contributed by atoms with van der Waals surface area (Å²) in [7, 11) is 1.47. The molecule has 0 bridgehead atoms. The molecule has 0 atom stereocenters. The number of nitriles is 1. The topological polar surface area (TPSA) is 47.3 Å². The highest BCUT2D eigenvalue weighted by molar-refractivity contribution is 5.76. The van der Waals surface area contributed by atoms with Crippen molar-refractivity contribution >= 4 is 6.03 Å². The number of urea groups is 1. The van der Waals surface area contributed by atoms with E-state index in [0.29, 0.717) is 0 Å². The first kappa shape index (κ1) is 11.8. The number of rotatable bonds is 2. The van der Waals surface area contributed by atoms with Crippen LogP contribution in [0.25, 0.3) is 0 Å². The van der Waals surface area contributed by atoms with E-state index in [1.54, 1.807) is 11.1 Å². The highest BCUT2D eigenvalue weighted by atomic mass is 16.2. The monoisotopic (exact) mass is 183 g/mol. The SMILES string of the molecule is CC(C)N(C(=O)N(C)C#N)C(C)C. The molecule has 13 heavy (non-hydrogen) atoms. The molecule has 0 aromatic heterocycles. The van der Waals surface area contributed by atoms with Crippen LogP contribution in [0.5, 0.6) is 0 Å². The van der Waals surface area contributed by atoms with Crippen molar-refractivity contribution in [3.05, 3.63) is 0 Å². The minimum absolute atomic E-state index is 0.114. The van der Waals surface area contributed by atoms with Gasteiger partial charge < -0.3 is 4.90 Å². The lowest BCUT2D eigenvalue weighted by Gasteiger charge is -2.31. The Bertz CT molecular complexity index is 209. The third kappa shape index (κ3) is 2.94. The smallest absolute Gasteiger partial charge is 0.319 e. The summed E-state index contributed by atoms with van der Waals surface area (Å²) >= 11 is 0. The van der Waals surface area contributed by atoms with Gasteiger partial charge in [0.2, 0.25) is 0 Å². The van der Waals surface area contributed by atoms with Crippen LogP contribution in [0, 0.1) is 11.5 Å². The highest BCUT2D eigenvalue weighted by Gasteiger charge is 2.22. The van der Waals surface area contributed by atoms with Crippen molar-refractivity contribution in [1.29, 1.82) is 5.26 Å². The molecule has 0 saturated heterocycles. The van der Waals surface area contributed by atoms with Gasteiger partial charge in [-0.25, -0.2) is 9.69 Å². The van der Waals surface area contributed by atoms with Gasteiger partial charge in [-0.05, 0) is 27.7 Å². The average Bonchev–Trinajstić information content (AvgIpc) is 2.01. The molecule has 4 heteroatoms. The van der Waals surface area contributed by atoms with E-state index in [1.165, 1.54) is 7.05 Å². The van der Waals surface area contributed by atoms with E-state index in [9.17, 15) is 4.79 Å². The molecule has 0 fully saturated rings. The van der Waals surface area contributed by atoms with E-state index in [4.69, 9.17) is 5.26 Å². The second-order valence-electron chi connectivity index (χ2n) is 3.54. The number of amides is 2. The summed E-state index contributed by atoms with van der Waals surface area (Å²) in [6.45, 7) is 7.73. The first-order valence-corrected chi connectivity index (χ1v) is 4.37. The lowest BCUT2D eigenvalue weighted by Crippen LogP contribution is -2.46. The van der Waals surface area contributed by atoms with Crippen LogP contribution in [0.15, 0.2) is 0 Å². The van der Waals surface area contributed by atoms with Gasteiger partial charge in [0.05, 0.1) is 0 Å². The first-order valence-electron chi connectivity index (χ1n) is 4.37. The molecule has 0 aliphatic rings. The van der Waals surface area contributed by atoms with Crippen molar-refractivity contribution < 1.29 is 4.79 Å². The second-order valence-corrected chi connectivity index (χ2v) is 3.54. The molecule has 74 valence electrons. The summed E-state index contributed by atoms with van der Waals surface area (Å²) in [5.74, 6) is 0. The van der Waals surface area contributed by atoms with Crippen molar-refractivity contribution in [2.75, 3.05) is 7.05 Å². The Morgan fingerprint density at radius 2 is 1.62 bits per heavy atom. The molecule has 2 amide bonds. The third-order valence-corrected chi connectivity index (χ3v) is 1.77. The molecule has 0 aliphatic heterocycles. The molecule has 0 radical (unpaired) electrons. The summed E-state index contributed by atoms with van der Waals surface area (Å²) in [6, 6.07) is -0.0147. The van der Waals surface area contributed by atoms with Gasteiger partial charge in [0.25, 0.3) is 0 Å². The average molecular weight is 183 g/mol. The number of hydrogen-bond donors (Lipinski definition) is 0. The molecule has 0 unspecified atom stereocenters. The maximum absolute atomic E-state index is 11.6. The standard InChI is InChI=1S/C9H17N3O/c1-7(2)12(8(3)4)9(13)11(5)6-10/h7-8H,1-5H3. The number of nitrogens with zero attached hydrogens (tertiary/aromatic N) is 3. The largest absolute Gasteiger partial charge is 0.333 e. The molecule has 0 spiro atoms. The van der Waals surface area contributed by atoms with E-state index in [2.05, 4.69) is 0 Å². The normalized spacial score (nSPS) is 10.0. The fourth-order valence-electron chi connectivity index (χ4n) is 1.25. The Morgan fingerprint density at radius 3 is 1.85 bits per heavy atom. The van der Waals surface area contributed by atoms with Crippen molar-refractivity contribution in [2.45, 2.75) is 39.8 Å². The van der Waals surface area contributed by atoms with Crippen LogP contribution in [-0.4, -0.2) is 35.0 Å². The highest BCUT2D eigenvalue weighted by Crippen LogP contribution is 2.07. The van der Waals surface area contributed by atoms with Gasteiger partial charge in [-0.3, -0.25) is 0 Å². The maximum atomic E-state index is 11.6. The fraction of sp³-hybridized carbons (Fsp3) is 0.778. The number of hydrogen-bond acceptors (Lipinski definition) is 2. The van der Waals surface area contributed by atoms with Crippen LogP contribution in [0.2, 0.25) is 0 Å². The molecular weight excluding hydrogens is 166 g/mol. The van der Waals surface area contributed by atoms with E-state index in [-0.39, 0.29) is 18.1 Å². The molecule has 0 rings (SSSR count). The first-order chi connectivity index (χ1) is 5.91. The number of carbonyl (C=O) groups is 1. The Kier molecular flexibility index (Phi) is 4.26. The van der Waals surface area contributed by atoms with Crippen molar-refractivity contribution in [1.82, 2.24) is 9.80 Å². The lowest BCUT2D eigenvalue weighted by molar-refractivity contribution is 0.146. The molecule has 0 N–H and O–H groups in total. The predicted octanol–water partition coefficient (Wildman–Crippen LogP) is 1.64. The quantitative estimate of drug-likeness (QED) is 0.482. The van der Waals surface area contributed by atoms with Gasteiger partial charge >= 0.3 is 6.03 Å². The Balaban J connectivity index is 4.58. The van der Waals surface area contributed by atoms with Gasteiger partial charge in [-0.1, -0.05) is 0 Å². The predicted molar refractivity (Wildman–Crippen MR) is 50.9 cm³/mol. The third-order valence-electron chi connectivity index (χ3n) is 1.77. The van der Waals surface area contributed by atoms with Crippen LogP contribution in [0.1, 0.15) is 27.7 Å². The van der Waals surface area contributed by atoms with Crippen molar-refractivity contribution in [3.63, 3.8) is 0 Å². The zero-order valence-corrected chi connectivity index (χ0v) is 8.90. The van der Waals surface area contributed by atoms with Gasteiger partial charge in [-0.15, -0.1) is 0 Å². The van der Waals surface area contributed by atoms with Crippen molar-refractivity contribution in [2.24, 2.45) is 0 Å². The molecule has 0 aliphatic carbocycles. The van der Waals surface area contributed by atoms with Gasteiger partial charge in [-0.2, -0.15) is 5.26 Å². The maximum Gasteiger partial charge on any atom is 0.333 e. The van der Waals surface area contributed by atoms with E-state index in [0.717, 1.165) is 4.90 Å². The fourth-order valence-corrected chi connectivity index (χ4v) is 1.25. The molecule has 0 aromatic rings. The molecular formula is C9H17N3O. The van der Waals surface area contributed by atoms with Gasteiger partial charge in [0.1, 0.15) is 0 Å². The summed E-state index contributed by atoms with van der Waals surface area (Å²) in [4.78, 5) is 14.3. The Hall–Kier alpha value is -1.24. The Labute approximate surface area is 79.7 Å². The molecule has 0 heterocycles.